The van der Waals surface area contributed by atoms with E-state index in [0.717, 1.165) is 0 Å². The Kier molecular flexibility index (Phi) is 5.84. The summed E-state index contributed by atoms with van der Waals surface area (Å²) in [6.45, 7) is -0.505. The summed E-state index contributed by atoms with van der Waals surface area (Å²) < 4.78 is 0. The molecule has 0 aliphatic carbocycles. The van der Waals surface area contributed by atoms with Crippen molar-refractivity contribution in [2.75, 3.05) is 18.1 Å². The minimum Gasteiger partial charge on any atom is -0.480 e. The van der Waals surface area contributed by atoms with Gasteiger partial charge in [0.1, 0.15) is 6.04 Å². The van der Waals surface area contributed by atoms with Crippen LogP contribution < -0.4 is 17.2 Å². The van der Waals surface area contributed by atoms with Gasteiger partial charge >= 0.3 is 5.97 Å². The normalized spacial score (nSPS) is 11.1. The number of aliphatic hydroxyl groups is 1. The molecule has 1 aromatic carbocycles. The number of anilines is 2. The van der Waals surface area contributed by atoms with E-state index in [0.29, 0.717) is 11.4 Å². The van der Waals surface area contributed by atoms with Gasteiger partial charge in [-0.1, -0.05) is 12.1 Å². The van der Waals surface area contributed by atoms with Crippen LogP contribution in [0.25, 0.3) is 0 Å². The lowest BCUT2D eigenvalue weighted by atomic mass is 10.3. The molecule has 0 aliphatic heterocycles. The molecule has 0 heterocycles. The molecule has 0 aromatic heterocycles. The highest BCUT2D eigenvalue weighted by Gasteiger charge is 2.06. The number of aliphatic carboxylic acids is 1. The van der Waals surface area contributed by atoms with Gasteiger partial charge < -0.3 is 27.4 Å². The second-order valence-corrected chi connectivity index (χ2v) is 2.76. The lowest BCUT2D eigenvalue weighted by Crippen LogP contribution is -2.33. The molecule has 6 nitrogen and oxygen atoms in total. The maximum Gasteiger partial charge on any atom is 0.322 e. The fraction of sp³-hybridized carbons (Fsp3) is 0.222. The van der Waals surface area contributed by atoms with E-state index >= 15 is 0 Å². The second kappa shape index (κ2) is 6.63. The Hall–Kier alpha value is -1.79. The zero-order valence-corrected chi connectivity index (χ0v) is 8.13. The van der Waals surface area contributed by atoms with Crippen molar-refractivity contribution in [3.8, 4) is 0 Å². The van der Waals surface area contributed by atoms with Crippen molar-refractivity contribution < 1.29 is 15.0 Å². The molecule has 0 unspecified atom stereocenters. The molecule has 0 amide bonds. The number of carboxylic acid groups (broad SMARTS) is 1. The Morgan fingerprint density at radius 2 is 1.67 bits per heavy atom. The molecular weight excluding hydrogens is 198 g/mol. The summed E-state index contributed by atoms with van der Waals surface area (Å²) in [6.07, 6.45) is 0. The molecular formula is C9H15N3O3. The van der Waals surface area contributed by atoms with Crippen LogP contribution in [0.5, 0.6) is 0 Å². The van der Waals surface area contributed by atoms with Crippen LogP contribution in [0.4, 0.5) is 11.4 Å². The van der Waals surface area contributed by atoms with Gasteiger partial charge in [0.15, 0.2) is 0 Å². The maximum atomic E-state index is 9.65. The van der Waals surface area contributed by atoms with E-state index in [1.807, 2.05) is 12.1 Å². The third-order valence-corrected chi connectivity index (χ3v) is 1.51. The Morgan fingerprint density at radius 1 is 1.27 bits per heavy atom. The molecule has 6 heteroatoms. The van der Waals surface area contributed by atoms with Gasteiger partial charge in [0.25, 0.3) is 0 Å². The summed E-state index contributed by atoms with van der Waals surface area (Å²) in [5.41, 5.74) is 16.8. The first-order valence-corrected chi connectivity index (χ1v) is 4.18. The highest BCUT2D eigenvalue weighted by atomic mass is 16.4. The average Bonchev–Trinajstić information content (AvgIpc) is 2.22. The van der Waals surface area contributed by atoms with Crippen molar-refractivity contribution in [2.24, 2.45) is 5.73 Å². The van der Waals surface area contributed by atoms with Gasteiger partial charge in [-0.3, -0.25) is 4.79 Å². The Balaban J connectivity index is 0.000000265. The predicted octanol–water partition coefficient (Wildman–Crippen LogP) is -0.758. The number of nitrogens with two attached hydrogens (primary N) is 3. The minimum atomic E-state index is -1.18. The maximum absolute atomic E-state index is 9.65. The van der Waals surface area contributed by atoms with E-state index < -0.39 is 18.6 Å². The number of rotatable bonds is 2. The van der Waals surface area contributed by atoms with Gasteiger partial charge in [0.05, 0.1) is 18.0 Å². The van der Waals surface area contributed by atoms with Crippen LogP contribution >= 0.6 is 0 Å². The Bertz CT molecular complexity index is 296. The number of aliphatic hydroxyl groups excluding tert-OH is 1. The first kappa shape index (κ1) is 13.2. The fourth-order valence-electron chi connectivity index (χ4n) is 0.589. The number of carbonyl (C=O) groups is 1. The fourth-order valence-corrected chi connectivity index (χ4v) is 0.589. The van der Waals surface area contributed by atoms with E-state index in [1.54, 1.807) is 12.1 Å². The van der Waals surface area contributed by atoms with Gasteiger partial charge in [0.2, 0.25) is 0 Å². The third-order valence-electron chi connectivity index (χ3n) is 1.51. The number of para-hydroxylation sites is 2. The van der Waals surface area contributed by atoms with Crippen LogP contribution in [0.1, 0.15) is 0 Å². The largest absolute Gasteiger partial charge is 0.480 e. The number of benzene rings is 1. The van der Waals surface area contributed by atoms with Gasteiger partial charge in [-0.25, -0.2) is 0 Å². The highest BCUT2D eigenvalue weighted by molar-refractivity contribution is 5.73. The zero-order chi connectivity index (χ0) is 11.8. The molecule has 0 saturated heterocycles. The minimum absolute atomic E-state index is 0.505. The predicted molar refractivity (Wildman–Crippen MR) is 58.0 cm³/mol. The number of carboxylic acids is 1. The third kappa shape index (κ3) is 5.50. The molecule has 0 fully saturated rings. The van der Waals surface area contributed by atoms with Crippen LogP contribution in [0.2, 0.25) is 0 Å². The van der Waals surface area contributed by atoms with Gasteiger partial charge in [-0.05, 0) is 12.1 Å². The van der Waals surface area contributed by atoms with Gasteiger partial charge in [0, 0.05) is 0 Å². The van der Waals surface area contributed by atoms with E-state index in [9.17, 15) is 4.79 Å². The van der Waals surface area contributed by atoms with Crippen molar-refractivity contribution in [2.45, 2.75) is 6.04 Å². The lowest BCUT2D eigenvalue weighted by molar-refractivity contribution is -0.139. The summed E-state index contributed by atoms with van der Waals surface area (Å²) in [6, 6.07) is 6.13. The van der Waals surface area contributed by atoms with Crippen molar-refractivity contribution in [3.05, 3.63) is 24.3 Å². The summed E-state index contributed by atoms with van der Waals surface area (Å²) in [4.78, 5) is 9.65. The summed E-state index contributed by atoms with van der Waals surface area (Å²) in [5, 5.41) is 15.9. The summed E-state index contributed by atoms with van der Waals surface area (Å²) in [5.74, 6) is -1.18. The molecule has 1 aromatic rings. The number of nitrogen functional groups attached to an aromatic ring is 2. The van der Waals surface area contributed by atoms with Crippen LogP contribution in [-0.2, 0) is 4.79 Å². The molecule has 8 N–H and O–H groups in total. The topological polar surface area (TPSA) is 136 Å². The SMILES string of the molecule is N[C@@H](CO)C(=O)O.Nc1ccccc1N. The van der Waals surface area contributed by atoms with E-state index in [4.69, 9.17) is 27.4 Å². The van der Waals surface area contributed by atoms with Crippen LogP contribution in [0.3, 0.4) is 0 Å². The zero-order valence-electron chi connectivity index (χ0n) is 8.13. The van der Waals surface area contributed by atoms with Crippen molar-refractivity contribution in [1.29, 1.82) is 0 Å². The standard InChI is InChI=1S/C6H8N2.C3H7NO3/c7-5-3-1-2-4-6(5)8;4-2(1-5)3(6)7/h1-4H,7-8H2;2,5H,1,4H2,(H,6,7)/t;2-/m.0/s1. The van der Waals surface area contributed by atoms with Crippen molar-refractivity contribution in [3.63, 3.8) is 0 Å². The molecule has 0 spiro atoms. The highest BCUT2D eigenvalue weighted by Crippen LogP contribution is 2.10. The first-order chi connectivity index (χ1) is 6.99. The van der Waals surface area contributed by atoms with Crippen LogP contribution in [-0.4, -0.2) is 28.8 Å². The van der Waals surface area contributed by atoms with Crippen LogP contribution in [0.15, 0.2) is 24.3 Å². The van der Waals surface area contributed by atoms with Crippen LogP contribution in [0, 0.1) is 0 Å². The molecule has 84 valence electrons. The summed E-state index contributed by atoms with van der Waals surface area (Å²) >= 11 is 0. The Labute approximate surface area is 87.3 Å². The monoisotopic (exact) mass is 213 g/mol. The average molecular weight is 213 g/mol. The van der Waals surface area contributed by atoms with E-state index in [1.165, 1.54) is 0 Å². The second-order valence-electron chi connectivity index (χ2n) is 2.76. The lowest BCUT2D eigenvalue weighted by Gasteiger charge is -1.96. The quantitative estimate of drug-likeness (QED) is 0.410. The molecule has 1 atom stereocenters. The molecule has 0 bridgehead atoms. The molecule has 0 saturated carbocycles. The van der Waals surface area contributed by atoms with Crippen molar-refractivity contribution in [1.82, 2.24) is 0 Å². The Morgan fingerprint density at radius 3 is 1.80 bits per heavy atom. The molecule has 1 rings (SSSR count). The molecule has 15 heavy (non-hydrogen) atoms. The van der Waals surface area contributed by atoms with Crippen molar-refractivity contribution >= 4 is 17.3 Å². The van der Waals surface area contributed by atoms with E-state index in [2.05, 4.69) is 0 Å². The van der Waals surface area contributed by atoms with Gasteiger partial charge in [-0.15, -0.1) is 0 Å². The summed E-state index contributed by atoms with van der Waals surface area (Å²) in [7, 11) is 0. The van der Waals surface area contributed by atoms with Gasteiger partial charge in [-0.2, -0.15) is 0 Å². The first-order valence-electron chi connectivity index (χ1n) is 4.18. The smallest absolute Gasteiger partial charge is 0.322 e. The molecule has 0 radical (unpaired) electrons. The number of hydrogen-bond donors (Lipinski definition) is 5. The van der Waals surface area contributed by atoms with E-state index in [-0.39, 0.29) is 0 Å². The molecule has 0 aliphatic rings. The number of hydrogen-bond acceptors (Lipinski definition) is 5.